The van der Waals surface area contributed by atoms with Gasteiger partial charge >= 0.3 is 5.97 Å². The smallest absolute Gasteiger partial charge is 0.308 e. The van der Waals surface area contributed by atoms with Crippen LogP contribution in [0.1, 0.15) is 30.4 Å². The molecule has 26 heavy (non-hydrogen) atoms. The van der Waals surface area contributed by atoms with Crippen molar-refractivity contribution in [2.24, 2.45) is 11.8 Å². The zero-order valence-electron chi connectivity index (χ0n) is 15.2. The van der Waals surface area contributed by atoms with E-state index in [9.17, 15) is 15.0 Å². The Morgan fingerprint density at radius 3 is 2.62 bits per heavy atom. The van der Waals surface area contributed by atoms with E-state index in [0.29, 0.717) is 30.6 Å². The quantitative estimate of drug-likeness (QED) is 0.830. The summed E-state index contributed by atoms with van der Waals surface area (Å²) in [5.41, 5.74) is 2.25. The second kappa shape index (κ2) is 8.37. The summed E-state index contributed by atoms with van der Waals surface area (Å²) >= 11 is 0. The van der Waals surface area contributed by atoms with Gasteiger partial charge in [-0.2, -0.15) is 0 Å². The number of phenolic OH excluding ortho intramolecular Hbond substituents is 1. The summed E-state index contributed by atoms with van der Waals surface area (Å²) in [5, 5.41) is 19.4. The molecule has 0 spiro atoms. The molecule has 0 bridgehead atoms. The summed E-state index contributed by atoms with van der Waals surface area (Å²) in [4.78, 5) is 14.0. The fraction of sp³-hybridized carbons (Fsp3) is 0.409. The second-order valence-electron chi connectivity index (χ2n) is 7.45. The number of hydrogen-bond acceptors (Lipinski definition) is 3. The summed E-state index contributed by atoms with van der Waals surface area (Å²) in [5.74, 6) is 0.0388. The Bertz CT molecular complexity index is 731. The highest BCUT2D eigenvalue weighted by Crippen LogP contribution is 2.34. The number of benzene rings is 2. The lowest BCUT2D eigenvalue weighted by molar-refractivity contribution is -0.142. The van der Waals surface area contributed by atoms with Crippen LogP contribution in [0.3, 0.4) is 0 Å². The Hall–Kier alpha value is -2.33. The number of likely N-dealkylation sites (tertiary alicyclic amines) is 1. The van der Waals surface area contributed by atoms with Gasteiger partial charge in [-0.1, -0.05) is 49.4 Å². The highest BCUT2D eigenvalue weighted by atomic mass is 16.4. The van der Waals surface area contributed by atoms with Gasteiger partial charge in [0, 0.05) is 13.1 Å². The molecule has 1 aliphatic rings. The number of carbonyl (C=O) groups is 1. The number of hydrogen-bond donors (Lipinski definition) is 2. The third kappa shape index (κ3) is 4.64. The summed E-state index contributed by atoms with van der Waals surface area (Å²) in [6.07, 6.45) is 1.55. The normalized spacial score (nSPS) is 22.0. The van der Waals surface area contributed by atoms with Crippen LogP contribution in [0.5, 0.6) is 5.75 Å². The topological polar surface area (TPSA) is 60.8 Å². The van der Waals surface area contributed by atoms with E-state index in [1.165, 1.54) is 5.56 Å². The average molecular weight is 353 g/mol. The van der Waals surface area contributed by atoms with Gasteiger partial charge in [-0.15, -0.1) is 0 Å². The third-order valence-electron chi connectivity index (χ3n) is 5.44. The Kier molecular flexibility index (Phi) is 5.94. The van der Waals surface area contributed by atoms with Crippen LogP contribution >= 0.6 is 0 Å². The summed E-state index contributed by atoms with van der Waals surface area (Å²) < 4.78 is 0. The molecule has 138 valence electrons. The minimum Gasteiger partial charge on any atom is -0.508 e. The highest BCUT2D eigenvalue weighted by Gasteiger charge is 2.30. The van der Waals surface area contributed by atoms with Gasteiger partial charge in [-0.25, -0.2) is 0 Å². The van der Waals surface area contributed by atoms with Crippen molar-refractivity contribution in [2.75, 3.05) is 19.6 Å². The predicted octanol–water partition coefficient (Wildman–Crippen LogP) is 3.76. The molecule has 1 fully saturated rings. The number of nitrogens with zero attached hydrogens (tertiary/aromatic N) is 1. The molecule has 0 saturated carbocycles. The molecular weight excluding hydrogens is 326 g/mol. The molecule has 2 aromatic carbocycles. The molecule has 0 aromatic heterocycles. The first-order valence-electron chi connectivity index (χ1n) is 9.31. The van der Waals surface area contributed by atoms with Crippen molar-refractivity contribution >= 4 is 5.97 Å². The van der Waals surface area contributed by atoms with Crippen LogP contribution in [0.15, 0.2) is 54.6 Å². The van der Waals surface area contributed by atoms with Crippen LogP contribution in [0.25, 0.3) is 0 Å². The largest absolute Gasteiger partial charge is 0.508 e. The SMILES string of the molecule is CC1CN(CC(Cc2ccccc2)C(=O)O)CC[C@H]1c1cccc(O)c1. The molecule has 4 heteroatoms. The minimum atomic E-state index is -0.725. The number of aliphatic carboxylic acids is 1. The maximum atomic E-state index is 11.7. The Labute approximate surface area is 155 Å². The number of carboxylic acid groups (broad SMARTS) is 1. The number of phenols is 1. The maximum Gasteiger partial charge on any atom is 0.308 e. The van der Waals surface area contributed by atoms with E-state index in [1.54, 1.807) is 6.07 Å². The van der Waals surface area contributed by atoms with Crippen LogP contribution < -0.4 is 0 Å². The molecule has 0 radical (unpaired) electrons. The zero-order valence-corrected chi connectivity index (χ0v) is 15.2. The van der Waals surface area contributed by atoms with E-state index in [0.717, 1.165) is 25.1 Å². The lowest BCUT2D eigenvalue weighted by Crippen LogP contribution is -2.42. The van der Waals surface area contributed by atoms with E-state index in [1.807, 2.05) is 42.5 Å². The van der Waals surface area contributed by atoms with Crippen molar-refractivity contribution in [1.82, 2.24) is 4.90 Å². The molecule has 2 N–H and O–H groups in total. The lowest BCUT2D eigenvalue weighted by Gasteiger charge is -2.38. The molecule has 1 saturated heterocycles. The molecule has 3 rings (SSSR count). The Balaban J connectivity index is 1.61. The minimum absolute atomic E-state index is 0.311. The first-order chi connectivity index (χ1) is 12.5. The van der Waals surface area contributed by atoms with E-state index >= 15 is 0 Å². The number of carboxylic acids is 1. The fourth-order valence-corrected chi connectivity index (χ4v) is 4.09. The van der Waals surface area contributed by atoms with Gasteiger partial charge < -0.3 is 15.1 Å². The van der Waals surface area contributed by atoms with Crippen LogP contribution in [0, 0.1) is 11.8 Å². The number of aromatic hydroxyl groups is 1. The van der Waals surface area contributed by atoms with Gasteiger partial charge in [0.05, 0.1) is 5.92 Å². The van der Waals surface area contributed by atoms with Gasteiger partial charge in [0.25, 0.3) is 0 Å². The highest BCUT2D eigenvalue weighted by molar-refractivity contribution is 5.70. The third-order valence-corrected chi connectivity index (χ3v) is 5.44. The molecule has 1 aliphatic heterocycles. The van der Waals surface area contributed by atoms with Gasteiger partial charge in [0.1, 0.15) is 5.75 Å². The molecule has 2 aromatic rings. The number of rotatable bonds is 6. The first-order valence-corrected chi connectivity index (χ1v) is 9.31. The second-order valence-corrected chi connectivity index (χ2v) is 7.45. The summed E-state index contributed by atoms with van der Waals surface area (Å²) in [7, 11) is 0. The molecule has 2 unspecified atom stereocenters. The molecule has 0 aliphatic carbocycles. The van der Waals surface area contributed by atoms with Crippen molar-refractivity contribution in [2.45, 2.75) is 25.7 Å². The van der Waals surface area contributed by atoms with Crippen molar-refractivity contribution in [3.8, 4) is 5.75 Å². The predicted molar refractivity (Wildman–Crippen MR) is 102 cm³/mol. The van der Waals surface area contributed by atoms with Gasteiger partial charge in [-0.05, 0) is 54.5 Å². The van der Waals surface area contributed by atoms with Crippen LogP contribution in [0.4, 0.5) is 0 Å². The molecule has 0 amide bonds. The monoisotopic (exact) mass is 353 g/mol. The zero-order chi connectivity index (χ0) is 18.5. The molecule has 4 nitrogen and oxygen atoms in total. The molecule has 3 atom stereocenters. The van der Waals surface area contributed by atoms with E-state index in [2.05, 4.69) is 17.9 Å². The van der Waals surface area contributed by atoms with Gasteiger partial charge in [0.2, 0.25) is 0 Å². The van der Waals surface area contributed by atoms with Crippen LogP contribution in [-0.2, 0) is 11.2 Å². The standard InChI is InChI=1S/C22H27NO3/c1-16-14-23(11-10-21(16)18-8-5-9-20(24)13-18)15-19(22(25)26)12-17-6-3-2-4-7-17/h2-9,13,16,19,21,24H,10-12,14-15H2,1H3,(H,25,26)/t16?,19?,21-/m1/s1. The van der Waals surface area contributed by atoms with E-state index in [-0.39, 0.29) is 5.92 Å². The molecular formula is C22H27NO3. The van der Waals surface area contributed by atoms with Crippen molar-refractivity contribution in [1.29, 1.82) is 0 Å². The fourth-order valence-electron chi connectivity index (χ4n) is 4.09. The number of piperidine rings is 1. The van der Waals surface area contributed by atoms with Gasteiger partial charge in [0.15, 0.2) is 0 Å². The molecule has 1 heterocycles. The van der Waals surface area contributed by atoms with Gasteiger partial charge in [-0.3, -0.25) is 4.79 Å². The lowest BCUT2D eigenvalue weighted by atomic mass is 9.81. The van der Waals surface area contributed by atoms with Crippen molar-refractivity contribution in [3.05, 3.63) is 65.7 Å². The Morgan fingerprint density at radius 2 is 1.96 bits per heavy atom. The van der Waals surface area contributed by atoms with Crippen LogP contribution in [-0.4, -0.2) is 40.7 Å². The van der Waals surface area contributed by atoms with E-state index < -0.39 is 5.97 Å². The maximum absolute atomic E-state index is 11.7. The first kappa shape index (κ1) is 18.5. The van der Waals surface area contributed by atoms with Crippen molar-refractivity contribution in [3.63, 3.8) is 0 Å². The summed E-state index contributed by atoms with van der Waals surface area (Å²) in [6, 6.07) is 17.4. The Morgan fingerprint density at radius 1 is 1.19 bits per heavy atom. The van der Waals surface area contributed by atoms with Crippen molar-refractivity contribution < 1.29 is 15.0 Å². The van der Waals surface area contributed by atoms with E-state index in [4.69, 9.17) is 0 Å². The average Bonchev–Trinajstić information content (AvgIpc) is 2.62. The van der Waals surface area contributed by atoms with Crippen LogP contribution in [0.2, 0.25) is 0 Å². The summed E-state index contributed by atoms with van der Waals surface area (Å²) in [6.45, 7) is 4.58.